The maximum Gasteiger partial charge on any atom is 0.314 e. The van der Waals surface area contributed by atoms with E-state index in [1.807, 2.05) is 24.3 Å². The highest BCUT2D eigenvalue weighted by Gasteiger charge is 2.30. The van der Waals surface area contributed by atoms with Gasteiger partial charge in [0.2, 0.25) is 0 Å². The Balaban J connectivity index is 1.96. The van der Waals surface area contributed by atoms with Crippen molar-refractivity contribution in [2.24, 2.45) is 11.8 Å². The highest BCUT2D eigenvalue weighted by molar-refractivity contribution is 5.79. The number of rotatable bonds is 2. The number of fused-ring (bicyclic) bond motifs is 1. The van der Waals surface area contributed by atoms with Crippen LogP contribution in [0.3, 0.4) is 0 Å². The van der Waals surface area contributed by atoms with E-state index >= 15 is 0 Å². The van der Waals surface area contributed by atoms with Crippen LogP contribution in [0.1, 0.15) is 19.4 Å². The van der Waals surface area contributed by atoms with E-state index in [0.717, 1.165) is 23.1 Å². The Labute approximate surface area is 119 Å². The second kappa shape index (κ2) is 5.12. The minimum atomic E-state index is -0.0993. The van der Waals surface area contributed by atoms with E-state index in [1.165, 1.54) is 0 Å². The summed E-state index contributed by atoms with van der Waals surface area (Å²) in [6.07, 6.45) is 0.779. The van der Waals surface area contributed by atoms with Crippen molar-refractivity contribution in [1.29, 1.82) is 0 Å². The van der Waals surface area contributed by atoms with E-state index in [2.05, 4.69) is 38.1 Å². The largest absolute Gasteiger partial charge is 0.426 e. The summed E-state index contributed by atoms with van der Waals surface area (Å²) in [7, 11) is 0. The summed E-state index contributed by atoms with van der Waals surface area (Å²) in [6, 6.07) is 16.3. The van der Waals surface area contributed by atoms with Gasteiger partial charge in [0.05, 0.1) is 5.92 Å². The van der Waals surface area contributed by atoms with Crippen molar-refractivity contribution < 1.29 is 9.53 Å². The minimum absolute atomic E-state index is 0.0231. The fourth-order valence-corrected chi connectivity index (χ4v) is 2.64. The maximum atomic E-state index is 12.0. The summed E-state index contributed by atoms with van der Waals surface area (Å²) >= 11 is 0. The number of hydrogen-bond acceptors (Lipinski definition) is 2. The Hall–Kier alpha value is -2.09. The van der Waals surface area contributed by atoms with Crippen LogP contribution in [0.4, 0.5) is 0 Å². The van der Waals surface area contributed by atoms with Crippen molar-refractivity contribution in [3.8, 4) is 16.9 Å². The van der Waals surface area contributed by atoms with E-state index in [-0.39, 0.29) is 11.9 Å². The smallest absolute Gasteiger partial charge is 0.314 e. The summed E-state index contributed by atoms with van der Waals surface area (Å²) in [4.78, 5) is 12.0. The van der Waals surface area contributed by atoms with Crippen LogP contribution < -0.4 is 4.74 Å². The molecule has 0 unspecified atom stereocenters. The zero-order valence-corrected chi connectivity index (χ0v) is 11.8. The molecule has 1 aliphatic heterocycles. The third kappa shape index (κ3) is 2.34. The quantitative estimate of drug-likeness (QED) is 0.604. The number of carbonyl (C=O) groups is 1. The van der Waals surface area contributed by atoms with Crippen LogP contribution in [0.2, 0.25) is 0 Å². The van der Waals surface area contributed by atoms with Gasteiger partial charge in [-0.15, -0.1) is 0 Å². The molecule has 2 aromatic rings. The molecule has 20 heavy (non-hydrogen) atoms. The molecule has 2 nitrogen and oxygen atoms in total. The molecular weight excluding hydrogens is 248 g/mol. The van der Waals surface area contributed by atoms with Gasteiger partial charge in [-0.25, -0.2) is 0 Å². The number of ether oxygens (including phenoxy) is 1. The predicted molar refractivity (Wildman–Crippen MR) is 79.5 cm³/mol. The molecular formula is C18H18O2. The van der Waals surface area contributed by atoms with Crippen molar-refractivity contribution in [2.75, 3.05) is 0 Å². The molecule has 0 saturated heterocycles. The SMILES string of the molecule is CC(C)[C@@H]1Cc2ccc(-c3ccccc3)cc2OC1=O. The van der Waals surface area contributed by atoms with E-state index in [9.17, 15) is 4.79 Å². The molecule has 0 N–H and O–H groups in total. The first-order chi connectivity index (χ1) is 9.65. The van der Waals surface area contributed by atoms with E-state index < -0.39 is 0 Å². The van der Waals surface area contributed by atoms with Crippen LogP contribution in [0.25, 0.3) is 11.1 Å². The third-order valence-corrected chi connectivity index (χ3v) is 3.93. The van der Waals surface area contributed by atoms with Gasteiger partial charge in [0.1, 0.15) is 5.75 Å². The predicted octanol–water partition coefficient (Wildman–Crippen LogP) is 4.09. The van der Waals surface area contributed by atoms with E-state index in [4.69, 9.17) is 4.74 Å². The number of benzene rings is 2. The first-order valence-corrected chi connectivity index (χ1v) is 7.05. The van der Waals surface area contributed by atoms with Gasteiger partial charge in [0, 0.05) is 0 Å². The topological polar surface area (TPSA) is 26.3 Å². The van der Waals surface area contributed by atoms with Crippen molar-refractivity contribution in [3.63, 3.8) is 0 Å². The molecule has 0 aliphatic carbocycles. The number of carbonyl (C=O) groups excluding carboxylic acids is 1. The van der Waals surface area contributed by atoms with Gasteiger partial charge in [-0.1, -0.05) is 56.3 Å². The van der Waals surface area contributed by atoms with Crippen molar-refractivity contribution >= 4 is 5.97 Å². The number of esters is 1. The van der Waals surface area contributed by atoms with Crippen molar-refractivity contribution in [2.45, 2.75) is 20.3 Å². The standard InChI is InChI=1S/C18H18O2/c1-12(2)16-10-15-9-8-14(11-17(15)20-18(16)19)13-6-4-3-5-7-13/h3-9,11-12,16H,10H2,1-2H3/t16-/m0/s1. The van der Waals surface area contributed by atoms with Crippen LogP contribution in [-0.2, 0) is 11.2 Å². The lowest BCUT2D eigenvalue weighted by molar-refractivity contribution is -0.141. The average Bonchev–Trinajstić information content (AvgIpc) is 2.46. The van der Waals surface area contributed by atoms with Gasteiger partial charge >= 0.3 is 5.97 Å². The Bertz CT molecular complexity index is 629. The lowest BCUT2D eigenvalue weighted by atomic mass is 9.86. The molecule has 1 aliphatic rings. The Kier molecular flexibility index (Phi) is 3.31. The molecule has 0 aromatic heterocycles. The summed E-state index contributed by atoms with van der Waals surface area (Å²) in [5.74, 6) is 0.903. The van der Waals surface area contributed by atoms with Gasteiger partial charge in [-0.05, 0) is 35.1 Å². The van der Waals surface area contributed by atoms with E-state index in [1.54, 1.807) is 0 Å². The summed E-state index contributed by atoms with van der Waals surface area (Å²) in [5, 5.41) is 0. The Morgan fingerprint density at radius 1 is 1.05 bits per heavy atom. The van der Waals surface area contributed by atoms with Crippen LogP contribution in [0, 0.1) is 11.8 Å². The normalized spacial score (nSPS) is 17.8. The lowest BCUT2D eigenvalue weighted by Gasteiger charge is -2.26. The molecule has 0 bridgehead atoms. The van der Waals surface area contributed by atoms with Gasteiger partial charge < -0.3 is 4.74 Å². The second-order valence-electron chi connectivity index (χ2n) is 5.66. The van der Waals surface area contributed by atoms with Gasteiger partial charge in [0.15, 0.2) is 0 Å². The number of hydrogen-bond donors (Lipinski definition) is 0. The van der Waals surface area contributed by atoms with Gasteiger partial charge in [-0.2, -0.15) is 0 Å². The second-order valence-corrected chi connectivity index (χ2v) is 5.66. The molecule has 102 valence electrons. The first-order valence-electron chi connectivity index (χ1n) is 7.05. The molecule has 0 fully saturated rings. The molecule has 2 heteroatoms. The Morgan fingerprint density at radius 2 is 1.80 bits per heavy atom. The van der Waals surface area contributed by atoms with Crippen molar-refractivity contribution in [3.05, 3.63) is 54.1 Å². The molecule has 3 rings (SSSR count). The van der Waals surface area contributed by atoms with Crippen LogP contribution in [-0.4, -0.2) is 5.97 Å². The summed E-state index contributed by atoms with van der Waals surface area (Å²) in [6.45, 7) is 4.13. The van der Waals surface area contributed by atoms with Crippen LogP contribution in [0.5, 0.6) is 5.75 Å². The highest BCUT2D eigenvalue weighted by Crippen LogP contribution is 2.34. The highest BCUT2D eigenvalue weighted by atomic mass is 16.5. The fourth-order valence-electron chi connectivity index (χ4n) is 2.64. The van der Waals surface area contributed by atoms with Crippen LogP contribution in [0.15, 0.2) is 48.5 Å². The first kappa shape index (κ1) is 12.9. The molecule has 2 aromatic carbocycles. The monoisotopic (exact) mass is 266 g/mol. The van der Waals surface area contributed by atoms with Gasteiger partial charge in [-0.3, -0.25) is 4.79 Å². The minimum Gasteiger partial charge on any atom is -0.426 e. The maximum absolute atomic E-state index is 12.0. The fraction of sp³-hybridized carbons (Fsp3) is 0.278. The summed E-state index contributed by atoms with van der Waals surface area (Å²) < 4.78 is 5.53. The molecule has 0 amide bonds. The molecule has 1 heterocycles. The molecule has 0 radical (unpaired) electrons. The zero-order chi connectivity index (χ0) is 14.1. The van der Waals surface area contributed by atoms with Crippen molar-refractivity contribution in [1.82, 2.24) is 0 Å². The van der Waals surface area contributed by atoms with Gasteiger partial charge in [0.25, 0.3) is 0 Å². The Morgan fingerprint density at radius 3 is 2.50 bits per heavy atom. The van der Waals surface area contributed by atoms with Crippen LogP contribution >= 0.6 is 0 Å². The molecule has 0 saturated carbocycles. The van der Waals surface area contributed by atoms with E-state index in [0.29, 0.717) is 11.7 Å². The lowest BCUT2D eigenvalue weighted by Crippen LogP contribution is -2.31. The third-order valence-electron chi connectivity index (χ3n) is 3.93. The average molecular weight is 266 g/mol. The molecule has 1 atom stereocenters. The zero-order valence-electron chi connectivity index (χ0n) is 11.8. The molecule has 0 spiro atoms. The summed E-state index contributed by atoms with van der Waals surface area (Å²) in [5.41, 5.74) is 3.35.